The molecule has 3 N–H and O–H groups in total. The van der Waals surface area contributed by atoms with E-state index in [2.05, 4.69) is 23.2 Å². The molecule has 0 saturated carbocycles. The Morgan fingerprint density at radius 2 is 2.17 bits per heavy atom. The van der Waals surface area contributed by atoms with E-state index < -0.39 is 0 Å². The maximum absolute atomic E-state index is 8.88. The molecular weight excluding hydrogens is 224 g/mol. The number of nitrogens with two attached hydrogens (primary N) is 1. The van der Waals surface area contributed by atoms with Crippen LogP contribution in [0.3, 0.4) is 0 Å². The van der Waals surface area contributed by atoms with E-state index in [1.165, 1.54) is 25.9 Å². The number of anilines is 2. The molecule has 1 aliphatic rings. The third-order valence-electron chi connectivity index (χ3n) is 3.53. The smallest absolute Gasteiger partial charge is 0.0992 e. The summed E-state index contributed by atoms with van der Waals surface area (Å²) >= 11 is 0. The standard InChI is InChI=1S/C14H20N4/c1-11(18-6-2-3-7-18)10-17-14-8-12(9-15)4-5-13(14)16/h4-5,8,11,17H,2-3,6-7,10,16H2,1H3. The predicted octanol–water partition coefficient (Wildman–Crippen LogP) is 2.04. The average molecular weight is 244 g/mol. The lowest BCUT2D eigenvalue weighted by atomic mass is 10.2. The van der Waals surface area contributed by atoms with Crippen molar-refractivity contribution in [2.24, 2.45) is 0 Å². The summed E-state index contributed by atoms with van der Waals surface area (Å²) in [5.41, 5.74) is 8.10. The SMILES string of the molecule is CC(CNc1cc(C#N)ccc1N)N1CCCC1. The zero-order valence-corrected chi connectivity index (χ0v) is 10.8. The fourth-order valence-corrected chi connectivity index (χ4v) is 2.35. The maximum Gasteiger partial charge on any atom is 0.0992 e. The van der Waals surface area contributed by atoms with E-state index in [-0.39, 0.29) is 0 Å². The first-order valence-electron chi connectivity index (χ1n) is 6.48. The van der Waals surface area contributed by atoms with Gasteiger partial charge in [-0.05, 0) is 51.1 Å². The minimum Gasteiger partial charge on any atom is -0.397 e. The van der Waals surface area contributed by atoms with Crippen LogP contribution in [0.4, 0.5) is 11.4 Å². The van der Waals surface area contributed by atoms with Crippen LogP contribution in [-0.2, 0) is 0 Å². The zero-order valence-electron chi connectivity index (χ0n) is 10.8. The van der Waals surface area contributed by atoms with Crippen molar-refractivity contribution < 1.29 is 0 Å². The van der Waals surface area contributed by atoms with Gasteiger partial charge < -0.3 is 11.1 Å². The molecular formula is C14H20N4. The largest absolute Gasteiger partial charge is 0.397 e. The number of nitrogen functional groups attached to an aromatic ring is 1. The number of benzene rings is 1. The molecule has 1 atom stereocenters. The average Bonchev–Trinajstić information content (AvgIpc) is 2.91. The Morgan fingerprint density at radius 3 is 2.83 bits per heavy atom. The number of nitriles is 1. The van der Waals surface area contributed by atoms with Crippen LogP contribution >= 0.6 is 0 Å². The van der Waals surface area contributed by atoms with Gasteiger partial charge in [-0.25, -0.2) is 0 Å². The van der Waals surface area contributed by atoms with Gasteiger partial charge in [0.15, 0.2) is 0 Å². The van der Waals surface area contributed by atoms with Gasteiger partial charge in [0.2, 0.25) is 0 Å². The molecule has 1 aliphatic heterocycles. The minimum atomic E-state index is 0.498. The van der Waals surface area contributed by atoms with Crippen molar-refractivity contribution in [3.63, 3.8) is 0 Å². The second-order valence-electron chi connectivity index (χ2n) is 4.89. The number of nitrogens with one attached hydrogen (secondary N) is 1. The highest BCUT2D eigenvalue weighted by molar-refractivity contribution is 5.68. The molecule has 0 amide bonds. The molecule has 0 spiro atoms. The van der Waals surface area contributed by atoms with Crippen molar-refractivity contribution in [3.8, 4) is 6.07 Å². The van der Waals surface area contributed by atoms with Crippen LogP contribution in [0.2, 0.25) is 0 Å². The number of likely N-dealkylation sites (tertiary alicyclic amines) is 1. The molecule has 1 aromatic carbocycles. The highest BCUT2D eigenvalue weighted by Crippen LogP contribution is 2.20. The molecule has 1 unspecified atom stereocenters. The lowest BCUT2D eigenvalue weighted by molar-refractivity contribution is 0.269. The quantitative estimate of drug-likeness (QED) is 0.795. The summed E-state index contributed by atoms with van der Waals surface area (Å²) in [6.45, 7) is 5.47. The second kappa shape index (κ2) is 5.74. The summed E-state index contributed by atoms with van der Waals surface area (Å²) in [6, 6.07) is 7.96. The lowest BCUT2D eigenvalue weighted by Crippen LogP contribution is -2.35. The van der Waals surface area contributed by atoms with Gasteiger partial charge in [0.1, 0.15) is 0 Å². The lowest BCUT2D eigenvalue weighted by Gasteiger charge is -2.24. The van der Waals surface area contributed by atoms with Crippen LogP contribution in [-0.4, -0.2) is 30.6 Å². The molecule has 18 heavy (non-hydrogen) atoms. The fourth-order valence-electron chi connectivity index (χ4n) is 2.35. The molecule has 0 bridgehead atoms. The predicted molar refractivity (Wildman–Crippen MR) is 74.3 cm³/mol. The normalized spacial score (nSPS) is 17.3. The Morgan fingerprint density at radius 1 is 1.44 bits per heavy atom. The maximum atomic E-state index is 8.88. The van der Waals surface area contributed by atoms with Crippen molar-refractivity contribution in [1.82, 2.24) is 4.90 Å². The molecule has 96 valence electrons. The summed E-state index contributed by atoms with van der Waals surface area (Å²) < 4.78 is 0. The highest BCUT2D eigenvalue weighted by atomic mass is 15.2. The van der Waals surface area contributed by atoms with Gasteiger partial charge in [0.25, 0.3) is 0 Å². The van der Waals surface area contributed by atoms with Crippen molar-refractivity contribution in [1.29, 1.82) is 5.26 Å². The molecule has 0 radical (unpaired) electrons. The Balaban J connectivity index is 1.95. The number of rotatable bonds is 4. The Kier molecular flexibility index (Phi) is 4.06. The number of hydrogen-bond acceptors (Lipinski definition) is 4. The van der Waals surface area contributed by atoms with Crippen molar-refractivity contribution in [2.45, 2.75) is 25.8 Å². The summed E-state index contributed by atoms with van der Waals surface area (Å²) in [6.07, 6.45) is 2.60. The second-order valence-corrected chi connectivity index (χ2v) is 4.89. The van der Waals surface area contributed by atoms with Crippen LogP contribution in [0.25, 0.3) is 0 Å². The number of nitrogens with zero attached hydrogens (tertiary/aromatic N) is 2. The molecule has 1 aromatic rings. The van der Waals surface area contributed by atoms with Gasteiger partial charge in [-0.3, -0.25) is 4.90 Å². The van der Waals surface area contributed by atoms with E-state index in [1.807, 2.05) is 6.07 Å². The first-order chi connectivity index (χ1) is 8.70. The molecule has 1 heterocycles. The van der Waals surface area contributed by atoms with E-state index in [0.717, 1.165) is 12.2 Å². The summed E-state index contributed by atoms with van der Waals surface area (Å²) in [7, 11) is 0. The first kappa shape index (κ1) is 12.7. The summed E-state index contributed by atoms with van der Waals surface area (Å²) in [4.78, 5) is 2.48. The Labute approximate surface area is 108 Å². The van der Waals surface area contributed by atoms with Crippen molar-refractivity contribution in [2.75, 3.05) is 30.7 Å². The molecule has 1 saturated heterocycles. The monoisotopic (exact) mass is 244 g/mol. The van der Waals surface area contributed by atoms with Crippen LogP contribution in [0.1, 0.15) is 25.3 Å². The zero-order chi connectivity index (χ0) is 13.0. The van der Waals surface area contributed by atoms with Crippen LogP contribution in [0.5, 0.6) is 0 Å². The number of hydrogen-bond donors (Lipinski definition) is 2. The molecule has 2 rings (SSSR count). The molecule has 1 fully saturated rings. The van der Waals surface area contributed by atoms with Gasteiger partial charge in [0, 0.05) is 12.6 Å². The van der Waals surface area contributed by atoms with Gasteiger partial charge in [-0.1, -0.05) is 0 Å². The van der Waals surface area contributed by atoms with E-state index in [9.17, 15) is 0 Å². The van der Waals surface area contributed by atoms with E-state index >= 15 is 0 Å². The van der Waals surface area contributed by atoms with Gasteiger partial charge in [0.05, 0.1) is 23.0 Å². The third-order valence-corrected chi connectivity index (χ3v) is 3.53. The van der Waals surface area contributed by atoms with Crippen LogP contribution < -0.4 is 11.1 Å². The fraction of sp³-hybridized carbons (Fsp3) is 0.500. The van der Waals surface area contributed by atoms with E-state index in [0.29, 0.717) is 17.3 Å². The summed E-state index contributed by atoms with van der Waals surface area (Å²) in [5.74, 6) is 0. The van der Waals surface area contributed by atoms with E-state index in [4.69, 9.17) is 11.0 Å². The Bertz CT molecular complexity index is 444. The van der Waals surface area contributed by atoms with Crippen molar-refractivity contribution >= 4 is 11.4 Å². The minimum absolute atomic E-state index is 0.498. The molecule has 0 aromatic heterocycles. The summed E-state index contributed by atoms with van der Waals surface area (Å²) in [5, 5.41) is 12.2. The van der Waals surface area contributed by atoms with Crippen LogP contribution in [0.15, 0.2) is 18.2 Å². The Hall–Kier alpha value is -1.73. The van der Waals surface area contributed by atoms with Crippen LogP contribution in [0, 0.1) is 11.3 Å². The topological polar surface area (TPSA) is 65.1 Å². The van der Waals surface area contributed by atoms with Crippen molar-refractivity contribution in [3.05, 3.63) is 23.8 Å². The first-order valence-corrected chi connectivity index (χ1v) is 6.48. The van der Waals surface area contributed by atoms with E-state index in [1.54, 1.807) is 12.1 Å². The molecule has 4 heteroatoms. The van der Waals surface area contributed by atoms with Gasteiger partial charge >= 0.3 is 0 Å². The molecule has 4 nitrogen and oxygen atoms in total. The van der Waals surface area contributed by atoms with Gasteiger partial charge in [-0.15, -0.1) is 0 Å². The highest BCUT2D eigenvalue weighted by Gasteiger charge is 2.17. The third kappa shape index (κ3) is 2.93. The molecule has 0 aliphatic carbocycles. The van der Waals surface area contributed by atoms with Gasteiger partial charge in [-0.2, -0.15) is 5.26 Å².